The highest BCUT2D eigenvalue weighted by Gasteiger charge is 2.26. The van der Waals surface area contributed by atoms with E-state index in [-0.39, 0.29) is 0 Å². The molecule has 1 fully saturated rings. The summed E-state index contributed by atoms with van der Waals surface area (Å²) in [5, 5.41) is 3.60. The van der Waals surface area contributed by atoms with Crippen molar-refractivity contribution < 1.29 is 0 Å². The average Bonchev–Trinajstić information content (AvgIpc) is 2.45. The van der Waals surface area contributed by atoms with E-state index in [1.807, 2.05) is 0 Å². The molecule has 2 nitrogen and oxygen atoms in total. The summed E-state index contributed by atoms with van der Waals surface area (Å²) < 4.78 is 0. The minimum absolute atomic E-state index is 0.404. The van der Waals surface area contributed by atoms with Gasteiger partial charge in [-0.1, -0.05) is 44.5 Å². The van der Waals surface area contributed by atoms with Gasteiger partial charge in [-0.15, -0.1) is 11.8 Å². The van der Waals surface area contributed by atoms with Crippen LogP contribution in [0.25, 0.3) is 0 Å². The Morgan fingerprint density at radius 2 is 2.05 bits per heavy atom. The number of thiocarbonyl (C=S) groups is 1. The Hall–Kier alpha value is -0.740. The van der Waals surface area contributed by atoms with Gasteiger partial charge in [0.2, 0.25) is 0 Å². The number of nitrogens with one attached hydrogen (secondary N) is 1. The lowest BCUT2D eigenvalue weighted by molar-refractivity contribution is 0.233. The fraction of sp³-hybridized carbons (Fsp3) is 0.562. The van der Waals surface area contributed by atoms with E-state index in [4.69, 9.17) is 18.0 Å². The normalized spacial score (nSPS) is 17.7. The molecule has 0 heterocycles. The van der Waals surface area contributed by atoms with Crippen LogP contribution >= 0.6 is 24.0 Å². The quantitative estimate of drug-likeness (QED) is 0.623. The van der Waals surface area contributed by atoms with Crippen molar-refractivity contribution in [1.82, 2.24) is 0 Å². The number of benzene rings is 1. The molecule has 0 aliphatic heterocycles. The molecule has 1 aliphatic rings. The number of hydrogen-bond acceptors (Lipinski definition) is 3. The van der Waals surface area contributed by atoms with Gasteiger partial charge in [0.25, 0.3) is 0 Å². The Morgan fingerprint density at radius 3 is 2.65 bits per heavy atom. The minimum atomic E-state index is 0.404. The summed E-state index contributed by atoms with van der Waals surface area (Å²) in [5.41, 5.74) is 8.39. The monoisotopic (exact) mass is 308 g/mol. The van der Waals surface area contributed by atoms with Gasteiger partial charge in [-0.25, -0.2) is 0 Å². The summed E-state index contributed by atoms with van der Waals surface area (Å²) in [5.74, 6) is 0. The van der Waals surface area contributed by atoms with Gasteiger partial charge in [0.1, 0.15) is 4.99 Å². The predicted molar refractivity (Wildman–Crippen MR) is 93.8 cm³/mol. The SMILES string of the molecule is CSc1cccc(NCC2(C)CCCCC2)c1C(N)=S. The molecule has 3 N–H and O–H groups in total. The zero-order chi connectivity index (χ0) is 14.6. The molecule has 1 aromatic rings. The maximum atomic E-state index is 5.91. The van der Waals surface area contributed by atoms with Crippen LogP contribution in [0.1, 0.15) is 44.6 Å². The van der Waals surface area contributed by atoms with Gasteiger partial charge in [-0.2, -0.15) is 0 Å². The van der Waals surface area contributed by atoms with Crippen molar-refractivity contribution in [3.63, 3.8) is 0 Å². The minimum Gasteiger partial charge on any atom is -0.389 e. The highest BCUT2D eigenvalue weighted by molar-refractivity contribution is 7.98. The van der Waals surface area contributed by atoms with Crippen LogP contribution in [0, 0.1) is 5.41 Å². The Balaban J connectivity index is 2.14. The molecule has 0 spiro atoms. The Bertz CT molecular complexity index is 479. The van der Waals surface area contributed by atoms with Crippen LogP contribution in [0.5, 0.6) is 0 Å². The molecular weight excluding hydrogens is 284 g/mol. The van der Waals surface area contributed by atoms with Crippen molar-refractivity contribution in [3.8, 4) is 0 Å². The third-order valence-electron chi connectivity index (χ3n) is 4.26. The lowest BCUT2D eigenvalue weighted by Gasteiger charge is -2.34. The van der Waals surface area contributed by atoms with E-state index in [0.717, 1.165) is 22.7 Å². The molecule has 1 aliphatic carbocycles. The molecule has 4 heteroatoms. The molecule has 110 valence electrons. The number of rotatable bonds is 5. The standard InChI is InChI=1S/C16H24N2S2/c1-16(9-4-3-5-10-16)11-18-12-7-6-8-13(20-2)14(12)15(17)19/h6-8,18H,3-5,9-11H2,1-2H3,(H2,17,19). The third-order valence-corrected chi connectivity index (χ3v) is 5.24. The smallest absolute Gasteiger partial charge is 0.107 e. The Morgan fingerprint density at radius 1 is 1.35 bits per heavy atom. The molecule has 0 aromatic heterocycles. The molecule has 0 saturated heterocycles. The second-order valence-electron chi connectivity index (χ2n) is 5.97. The first-order chi connectivity index (χ1) is 9.56. The topological polar surface area (TPSA) is 38.0 Å². The molecule has 1 saturated carbocycles. The first-order valence-corrected chi connectivity index (χ1v) is 8.90. The summed E-state index contributed by atoms with van der Waals surface area (Å²) in [7, 11) is 0. The summed E-state index contributed by atoms with van der Waals surface area (Å²) in [4.78, 5) is 1.63. The van der Waals surface area contributed by atoms with Gasteiger partial charge in [-0.05, 0) is 36.6 Å². The highest BCUT2D eigenvalue weighted by atomic mass is 32.2. The first kappa shape index (κ1) is 15.6. The number of anilines is 1. The van der Waals surface area contributed by atoms with Crippen LogP contribution in [-0.2, 0) is 0 Å². The highest BCUT2D eigenvalue weighted by Crippen LogP contribution is 2.36. The summed E-state index contributed by atoms with van der Waals surface area (Å²) in [6.07, 6.45) is 8.77. The second kappa shape index (κ2) is 6.81. The predicted octanol–water partition coefficient (Wildman–Crippen LogP) is 4.43. The zero-order valence-electron chi connectivity index (χ0n) is 12.4. The number of thioether (sulfide) groups is 1. The third kappa shape index (κ3) is 3.67. The maximum Gasteiger partial charge on any atom is 0.107 e. The van der Waals surface area contributed by atoms with Crippen molar-refractivity contribution >= 4 is 34.7 Å². The lowest BCUT2D eigenvalue weighted by atomic mass is 9.75. The Kier molecular flexibility index (Phi) is 5.33. The van der Waals surface area contributed by atoms with Crippen LogP contribution in [0.3, 0.4) is 0 Å². The summed E-state index contributed by atoms with van der Waals surface area (Å²) in [6, 6.07) is 6.23. The summed E-state index contributed by atoms with van der Waals surface area (Å²) >= 11 is 6.92. The van der Waals surface area contributed by atoms with Gasteiger partial charge >= 0.3 is 0 Å². The molecule has 0 bridgehead atoms. The van der Waals surface area contributed by atoms with Crippen molar-refractivity contribution in [1.29, 1.82) is 0 Å². The van der Waals surface area contributed by atoms with Crippen LogP contribution in [0.4, 0.5) is 5.69 Å². The van der Waals surface area contributed by atoms with E-state index in [2.05, 4.69) is 36.7 Å². The van der Waals surface area contributed by atoms with Crippen molar-refractivity contribution in [2.45, 2.75) is 43.9 Å². The number of nitrogens with two attached hydrogens (primary N) is 1. The largest absolute Gasteiger partial charge is 0.389 e. The van der Waals surface area contributed by atoms with Gasteiger partial charge in [0.15, 0.2) is 0 Å². The van der Waals surface area contributed by atoms with Crippen molar-refractivity contribution in [2.24, 2.45) is 11.1 Å². The molecular formula is C16H24N2S2. The van der Waals surface area contributed by atoms with Crippen molar-refractivity contribution in [3.05, 3.63) is 23.8 Å². The zero-order valence-corrected chi connectivity index (χ0v) is 14.0. The van der Waals surface area contributed by atoms with E-state index in [0.29, 0.717) is 10.4 Å². The van der Waals surface area contributed by atoms with E-state index < -0.39 is 0 Å². The van der Waals surface area contributed by atoms with Crippen LogP contribution in [0.2, 0.25) is 0 Å². The van der Waals surface area contributed by atoms with Gasteiger partial charge in [-0.3, -0.25) is 0 Å². The van der Waals surface area contributed by atoms with Gasteiger partial charge in [0, 0.05) is 22.7 Å². The van der Waals surface area contributed by atoms with Crippen LogP contribution < -0.4 is 11.1 Å². The number of hydrogen-bond donors (Lipinski definition) is 2. The molecule has 2 rings (SSSR count). The van der Waals surface area contributed by atoms with Gasteiger partial charge in [0.05, 0.1) is 0 Å². The Labute approximate surface area is 131 Å². The fourth-order valence-corrected chi connectivity index (χ4v) is 3.92. The van der Waals surface area contributed by atoms with E-state index in [1.165, 1.54) is 32.1 Å². The fourth-order valence-electron chi connectivity index (χ4n) is 2.99. The molecule has 0 unspecified atom stereocenters. The van der Waals surface area contributed by atoms with Gasteiger partial charge < -0.3 is 11.1 Å². The van der Waals surface area contributed by atoms with E-state index in [1.54, 1.807) is 11.8 Å². The average molecular weight is 309 g/mol. The van der Waals surface area contributed by atoms with E-state index in [9.17, 15) is 0 Å². The van der Waals surface area contributed by atoms with E-state index >= 15 is 0 Å². The molecule has 0 atom stereocenters. The molecule has 0 amide bonds. The molecule has 1 aromatic carbocycles. The van der Waals surface area contributed by atoms with Crippen LogP contribution in [0.15, 0.2) is 23.1 Å². The lowest BCUT2D eigenvalue weighted by Crippen LogP contribution is -2.29. The molecule has 0 radical (unpaired) electrons. The first-order valence-electron chi connectivity index (χ1n) is 7.26. The van der Waals surface area contributed by atoms with Crippen LogP contribution in [-0.4, -0.2) is 17.8 Å². The summed E-state index contributed by atoms with van der Waals surface area (Å²) in [6.45, 7) is 3.39. The molecule has 20 heavy (non-hydrogen) atoms. The van der Waals surface area contributed by atoms with Crippen molar-refractivity contribution in [2.75, 3.05) is 18.1 Å². The maximum absolute atomic E-state index is 5.91. The second-order valence-corrected chi connectivity index (χ2v) is 7.26.